The minimum atomic E-state index is 0.281. The van der Waals surface area contributed by atoms with Crippen LogP contribution in [0.25, 0.3) is 0 Å². The lowest BCUT2D eigenvalue weighted by Gasteiger charge is -2.22. The molecule has 0 spiro atoms. The molecule has 112 valence electrons. The van der Waals surface area contributed by atoms with E-state index in [1.807, 2.05) is 11.8 Å². The Labute approximate surface area is 125 Å². The summed E-state index contributed by atoms with van der Waals surface area (Å²) < 4.78 is 0. The summed E-state index contributed by atoms with van der Waals surface area (Å²) in [6.07, 6.45) is 5.83. The van der Waals surface area contributed by atoms with Crippen molar-refractivity contribution in [2.24, 2.45) is 0 Å². The molecule has 1 fully saturated rings. The normalized spacial score (nSPS) is 21.9. The van der Waals surface area contributed by atoms with E-state index >= 15 is 0 Å². The first-order valence-corrected chi connectivity index (χ1v) is 8.52. The van der Waals surface area contributed by atoms with E-state index in [1.165, 1.54) is 12.8 Å². The topological polar surface area (TPSA) is 80.0 Å². The number of hydrogen-bond donors (Lipinski definition) is 2. The highest BCUT2D eigenvalue weighted by molar-refractivity contribution is 7.99. The fourth-order valence-corrected chi connectivity index (χ4v) is 3.57. The lowest BCUT2D eigenvalue weighted by atomic mass is 10.2. The van der Waals surface area contributed by atoms with E-state index in [2.05, 4.69) is 45.3 Å². The monoisotopic (exact) mass is 296 g/mol. The van der Waals surface area contributed by atoms with Gasteiger partial charge in [-0.1, -0.05) is 6.42 Å². The average molecular weight is 296 g/mol. The van der Waals surface area contributed by atoms with Gasteiger partial charge in [0.2, 0.25) is 17.8 Å². The van der Waals surface area contributed by atoms with Crippen LogP contribution in [0.1, 0.15) is 33.1 Å². The second kappa shape index (κ2) is 6.97. The van der Waals surface area contributed by atoms with Crippen LogP contribution in [0.5, 0.6) is 0 Å². The summed E-state index contributed by atoms with van der Waals surface area (Å²) >= 11 is 1.91. The van der Waals surface area contributed by atoms with E-state index < -0.39 is 0 Å². The lowest BCUT2D eigenvalue weighted by molar-refractivity contribution is 0.749. The highest BCUT2D eigenvalue weighted by atomic mass is 32.2. The molecular weight excluding hydrogens is 272 g/mol. The van der Waals surface area contributed by atoms with Gasteiger partial charge in [-0.2, -0.15) is 26.7 Å². The van der Waals surface area contributed by atoms with Crippen LogP contribution < -0.4 is 16.0 Å². The van der Waals surface area contributed by atoms with Crippen LogP contribution in [0.4, 0.5) is 17.8 Å². The van der Waals surface area contributed by atoms with Gasteiger partial charge in [-0.15, -0.1) is 0 Å². The molecule has 6 nitrogen and oxygen atoms in total. The summed E-state index contributed by atoms with van der Waals surface area (Å²) in [5.41, 5.74) is 5.81. The number of nitrogens with one attached hydrogen (secondary N) is 1. The van der Waals surface area contributed by atoms with Crippen LogP contribution in [0.3, 0.4) is 0 Å². The number of thioether (sulfide) groups is 1. The third-order valence-corrected chi connectivity index (χ3v) is 4.93. The zero-order chi connectivity index (χ0) is 14.5. The molecule has 7 heteroatoms. The van der Waals surface area contributed by atoms with Crippen LogP contribution in [0.15, 0.2) is 0 Å². The van der Waals surface area contributed by atoms with Crippen LogP contribution in [-0.2, 0) is 0 Å². The SMILES string of the molecule is CCN(CC)c1nc(N)nc(NC2CCCC2SC)n1. The molecule has 0 amide bonds. The fraction of sp³-hybridized carbons (Fsp3) is 0.769. The van der Waals surface area contributed by atoms with Crippen LogP contribution >= 0.6 is 11.8 Å². The van der Waals surface area contributed by atoms with Gasteiger partial charge in [0.15, 0.2) is 0 Å². The van der Waals surface area contributed by atoms with Gasteiger partial charge in [0.1, 0.15) is 0 Å². The molecule has 1 aliphatic carbocycles. The Balaban J connectivity index is 2.15. The van der Waals surface area contributed by atoms with Crippen molar-refractivity contribution in [3.63, 3.8) is 0 Å². The molecule has 1 heterocycles. The van der Waals surface area contributed by atoms with Crippen LogP contribution in [0, 0.1) is 0 Å². The summed E-state index contributed by atoms with van der Waals surface area (Å²) in [4.78, 5) is 15.0. The molecule has 0 bridgehead atoms. The van der Waals surface area contributed by atoms with E-state index in [0.29, 0.717) is 23.2 Å². The molecule has 1 aliphatic rings. The van der Waals surface area contributed by atoms with Gasteiger partial charge in [-0.25, -0.2) is 0 Å². The average Bonchev–Trinajstić information content (AvgIpc) is 2.86. The first-order valence-electron chi connectivity index (χ1n) is 7.23. The Bertz CT molecular complexity index is 437. The highest BCUT2D eigenvalue weighted by Crippen LogP contribution is 2.30. The van der Waals surface area contributed by atoms with Crippen LogP contribution in [0.2, 0.25) is 0 Å². The van der Waals surface area contributed by atoms with E-state index in [9.17, 15) is 0 Å². The van der Waals surface area contributed by atoms with Crippen molar-refractivity contribution >= 4 is 29.6 Å². The summed E-state index contributed by atoms with van der Waals surface area (Å²) in [5, 5.41) is 4.07. The zero-order valence-electron chi connectivity index (χ0n) is 12.5. The van der Waals surface area contributed by atoms with Crippen molar-refractivity contribution in [2.45, 2.75) is 44.4 Å². The molecule has 1 saturated carbocycles. The van der Waals surface area contributed by atoms with Gasteiger partial charge in [-0.05, 0) is 32.9 Å². The predicted octanol–water partition coefficient (Wildman–Crippen LogP) is 2.00. The molecule has 20 heavy (non-hydrogen) atoms. The maximum absolute atomic E-state index is 5.81. The van der Waals surface area contributed by atoms with Gasteiger partial charge in [0.05, 0.1) is 0 Å². The molecule has 2 atom stereocenters. The van der Waals surface area contributed by atoms with E-state index in [0.717, 1.165) is 19.5 Å². The third-order valence-electron chi connectivity index (χ3n) is 3.76. The van der Waals surface area contributed by atoms with Crippen molar-refractivity contribution < 1.29 is 0 Å². The molecule has 2 unspecified atom stereocenters. The van der Waals surface area contributed by atoms with Crippen molar-refractivity contribution in [3.05, 3.63) is 0 Å². The molecule has 2 rings (SSSR count). The maximum Gasteiger partial charge on any atom is 0.231 e. The first-order chi connectivity index (χ1) is 9.67. The fourth-order valence-electron chi connectivity index (χ4n) is 2.63. The number of anilines is 3. The number of aromatic nitrogens is 3. The quantitative estimate of drug-likeness (QED) is 0.831. The zero-order valence-corrected chi connectivity index (χ0v) is 13.3. The van der Waals surface area contributed by atoms with Gasteiger partial charge in [0.25, 0.3) is 0 Å². The number of nitrogens with zero attached hydrogens (tertiary/aromatic N) is 4. The molecule has 1 aromatic heterocycles. The largest absolute Gasteiger partial charge is 0.368 e. The molecule has 0 radical (unpaired) electrons. The molecule has 0 saturated heterocycles. The summed E-state index contributed by atoms with van der Waals surface area (Å²) in [7, 11) is 0. The Morgan fingerprint density at radius 1 is 1.25 bits per heavy atom. The second-order valence-corrected chi connectivity index (χ2v) is 6.02. The van der Waals surface area contributed by atoms with Gasteiger partial charge in [-0.3, -0.25) is 0 Å². The molecule has 3 N–H and O–H groups in total. The summed E-state index contributed by atoms with van der Waals surface area (Å²) in [5.74, 6) is 1.54. The van der Waals surface area contributed by atoms with Gasteiger partial charge < -0.3 is 16.0 Å². The van der Waals surface area contributed by atoms with E-state index in [4.69, 9.17) is 5.73 Å². The van der Waals surface area contributed by atoms with Crippen molar-refractivity contribution in [2.75, 3.05) is 35.3 Å². The molecule has 1 aromatic rings. The molecule has 0 aliphatic heterocycles. The Morgan fingerprint density at radius 3 is 2.65 bits per heavy atom. The number of rotatable bonds is 6. The summed E-state index contributed by atoms with van der Waals surface area (Å²) in [6.45, 7) is 5.88. The Morgan fingerprint density at radius 2 is 2.00 bits per heavy atom. The predicted molar refractivity (Wildman–Crippen MR) is 86.4 cm³/mol. The number of nitrogen functional groups attached to an aromatic ring is 1. The van der Waals surface area contributed by atoms with Crippen molar-refractivity contribution in [1.82, 2.24) is 15.0 Å². The van der Waals surface area contributed by atoms with Gasteiger partial charge in [0, 0.05) is 24.4 Å². The highest BCUT2D eigenvalue weighted by Gasteiger charge is 2.27. The van der Waals surface area contributed by atoms with Crippen LogP contribution in [-0.4, -0.2) is 45.6 Å². The van der Waals surface area contributed by atoms with E-state index in [-0.39, 0.29) is 5.95 Å². The smallest absolute Gasteiger partial charge is 0.231 e. The van der Waals surface area contributed by atoms with Crippen molar-refractivity contribution in [3.8, 4) is 0 Å². The minimum absolute atomic E-state index is 0.281. The Hall–Kier alpha value is -1.24. The third kappa shape index (κ3) is 3.45. The standard InChI is InChI=1S/C13H24N6S/c1-4-19(5-2)13-17-11(14)16-12(18-13)15-9-7-6-8-10(9)20-3/h9-10H,4-8H2,1-3H3,(H3,14,15,16,17,18). The maximum atomic E-state index is 5.81. The number of hydrogen-bond acceptors (Lipinski definition) is 7. The molecule has 0 aromatic carbocycles. The van der Waals surface area contributed by atoms with E-state index in [1.54, 1.807) is 0 Å². The molecular formula is C13H24N6S. The second-order valence-electron chi connectivity index (χ2n) is 4.95. The number of nitrogens with two attached hydrogens (primary N) is 1. The summed E-state index contributed by atoms with van der Waals surface area (Å²) in [6, 6.07) is 0.427. The lowest BCUT2D eigenvalue weighted by Crippen LogP contribution is -2.29. The Kier molecular flexibility index (Phi) is 5.28. The minimum Gasteiger partial charge on any atom is -0.368 e. The van der Waals surface area contributed by atoms with Crippen molar-refractivity contribution in [1.29, 1.82) is 0 Å². The van der Waals surface area contributed by atoms with Gasteiger partial charge >= 0.3 is 0 Å². The first kappa shape index (κ1) is 15.2.